The molecule has 0 radical (unpaired) electrons. The monoisotopic (exact) mass is 839 g/mol. The second-order valence-corrected chi connectivity index (χ2v) is 24.0. The molecule has 8 aliphatic rings. The van der Waals surface area contributed by atoms with Gasteiger partial charge >= 0.3 is 5.97 Å². The van der Waals surface area contributed by atoms with Crippen LogP contribution in [-0.4, -0.2) is 53.5 Å². The quantitative estimate of drug-likeness (QED) is 0.181. The van der Waals surface area contributed by atoms with Crippen LogP contribution < -0.4 is 0 Å². The van der Waals surface area contributed by atoms with E-state index in [-0.39, 0.29) is 45.7 Å². The Morgan fingerprint density at radius 3 is 2.23 bits per heavy atom. The fourth-order valence-electron chi connectivity index (χ4n) is 18.5. The van der Waals surface area contributed by atoms with E-state index in [4.69, 9.17) is 9.47 Å². The Morgan fingerprint density at radius 2 is 1.52 bits per heavy atom. The van der Waals surface area contributed by atoms with Crippen LogP contribution in [0, 0.1) is 78.8 Å². The predicted molar refractivity (Wildman–Crippen MR) is 241 cm³/mol. The highest BCUT2D eigenvalue weighted by Gasteiger charge is 2.85. The van der Waals surface area contributed by atoms with E-state index in [2.05, 4.69) is 70.7 Å². The standard InChI is InChI=1S/C55H82O6/c1-7-11-43-54-33-31-52-23-10-14-40(16-15-39-12-8-9-13-39)21-24-51(44-37-48(3,46(57)58)26-25-47(44,2)27-28-49(51,52)4)30-29-50(52,5)53(54,38-56)32-34-55(43,59)61-45(54)36-42-19-17-41(18-20-42)22-35-60-6/h17-20,39-40,43-45,56,59H,7-9,11-16,21-22,24-38H2,1-6H3,(H,57,58)/t40-,43-,44+,45-,47-,48+,49-,50+,51+,52+,53+,54+,55-/m0/s1. The summed E-state index contributed by atoms with van der Waals surface area (Å²) in [5, 5.41) is 36.3. The third-order valence-electron chi connectivity index (χ3n) is 22.1. The molecule has 6 heteroatoms. The minimum atomic E-state index is -1.20. The van der Waals surface area contributed by atoms with Gasteiger partial charge in [0.25, 0.3) is 0 Å². The largest absolute Gasteiger partial charge is 0.481 e. The van der Waals surface area contributed by atoms with Gasteiger partial charge in [0, 0.05) is 48.7 Å². The molecule has 1 heterocycles. The summed E-state index contributed by atoms with van der Waals surface area (Å²) in [4.78, 5) is 13.2. The van der Waals surface area contributed by atoms with Crippen molar-refractivity contribution in [2.75, 3.05) is 20.3 Å². The van der Waals surface area contributed by atoms with Crippen molar-refractivity contribution in [3.05, 3.63) is 35.4 Å². The number of carboxylic acid groups (broad SMARTS) is 1. The molecular weight excluding hydrogens is 757 g/mol. The van der Waals surface area contributed by atoms with Crippen LogP contribution in [0.15, 0.2) is 24.3 Å². The molecule has 6 nitrogen and oxygen atoms in total. The topological polar surface area (TPSA) is 96.2 Å². The summed E-state index contributed by atoms with van der Waals surface area (Å²) in [5.41, 5.74) is 0.138. The molecule has 7 aliphatic carbocycles. The lowest BCUT2D eigenvalue weighted by Crippen LogP contribution is -2.78. The molecule has 1 saturated heterocycles. The second-order valence-electron chi connectivity index (χ2n) is 24.0. The van der Waals surface area contributed by atoms with E-state index >= 15 is 0 Å². The molecule has 3 N–H and O–H groups in total. The molecule has 61 heavy (non-hydrogen) atoms. The molecule has 1 aliphatic heterocycles. The highest BCUT2D eigenvalue weighted by Crippen LogP contribution is 2.88. The van der Waals surface area contributed by atoms with Gasteiger partial charge in [0.2, 0.25) is 0 Å². The van der Waals surface area contributed by atoms with Crippen molar-refractivity contribution in [3.8, 4) is 11.8 Å². The number of hydrogen-bond donors (Lipinski definition) is 3. The molecule has 2 spiro atoms. The molecule has 0 unspecified atom stereocenters. The van der Waals surface area contributed by atoms with Gasteiger partial charge in [-0.2, -0.15) is 0 Å². The number of benzene rings is 1. The van der Waals surface area contributed by atoms with E-state index in [1.807, 2.05) is 0 Å². The van der Waals surface area contributed by atoms with Crippen LogP contribution in [0.1, 0.15) is 187 Å². The minimum Gasteiger partial charge on any atom is -0.481 e. The van der Waals surface area contributed by atoms with Crippen LogP contribution >= 0.6 is 0 Å². The number of fused-ring (bicyclic) bond motifs is 3. The van der Waals surface area contributed by atoms with Gasteiger partial charge in [0.15, 0.2) is 5.79 Å². The first-order chi connectivity index (χ1) is 29.1. The molecule has 0 aromatic heterocycles. The molecule has 1 aromatic rings. The Kier molecular flexibility index (Phi) is 11.3. The van der Waals surface area contributed by atoms with Gasteiger partial charge < -0.3 is 24.8 Å². The number of aliphatic carboxylic acids is 1. The molecule has 0 amide bonds. The maximum Gasteiger partial charge on any atom is 0.309 e. The fraction of sp³-hybridized carbons (Fsp3) is 0.836. The van der Waals surface area contributed by atoms with Crippen LogP contribution in [-0.2, 0) is 27.1 Å². The fourth-order valence-corrected chi connectivity index (χ4v) is 18.5. The Bertz CT molecular complexity index is 1860. The van der Waals surface area contributed by atoms with Crippen molar-refractivity contribution in [1.82, 2.24) is 0 Å². The van der Waals surface area contributed by atoms with Crippen LogP contribution in [0.5, 0.6) is 0 Å². The molecule has 13 atom stereocenters. The second kappa shape index (κ2) is 15.6. The third kappa shape index (κ3) is 6.10. The summed E-state index contributed by atoms with van der Waals surface area (Å²) < 4.78 is 12.6. The third-order valence-corrected chi connectivity index (χ3v) is 22.1. The van der Waals surface area contributed by atoms with E-state index in [1.54, 1.807) is 7.11 Å². The smallest absolute Gasteiger partial charge is 0.309 e. The summed E-state index contributed by atoms with van der Waals surface area (Å²) >= 11 is 0. The van der Waals surface area contributed by atoms with Gasteiger partial charge in [0.1, 0.15) is 0 Å². The van der Waals surface area contributed by atoms with Gasteiger partial charge in [-0.15, -0.1) is 5.92 Å². The Hall–Kier alpha value is -1.91. The van der Waals surface area contributed by atoms with Gasteiger partial charge in [0.05, 0.1) is 18.1 Å². The van der Waals surface area contributed by atoms with Crippen molar-refractivity contribution >= 4 is 5.97 Å². The SMILES string of the molecule is CCC[C@H]1[C@@]23CC[C@@]45C#CC[C@@H](CCC6CCCC6)CC[C@@]6(CC[C@@]4(C)[C@]2(CO)CC[C@]1(O)O[C@H]3Cc1ccc(CCOC)cc1)[C@@H]1C[C@](C)(C(=O)O)CC[C@@]1(C)CC[C@@]65C. The summed E-state index contributed by atoms with van der Waals surface area (Å²) in [6, 6.07) is 8.98. The molecule has 7 fully saturated rings. The first-order valence-corrected chi connectivity index (χ1v) is 25.4. The molecule has 9 rings (SSSR count). The van der Waals surface area contributed by atoms with Crippen molar-refractivity contribution < 1.29 is 29.6 Å². The van der Waals surface area contributed by atoms with E-state index in [0.29, 0.717) is 24.9 Å². The summed E-state index contributed by atoms with van der Waals surface area (Å²) in [6.45, 7) is 12.9. The van der Waals surface area contributed by atoms with E-state index in [1.165, 1.54) is 56.1 Å². The highest BCUT2D eigenvalue weighted by molar-refractivity contribution is 5.74. The maximum absolute atomic E-state index is 13.2. The lowest BCUT2D eigenvalue weighted by Gasteiger charge is -2.81. The zero-order chi connectivity index (χ0) is 43.2. The van der Waals surface area contributed by atoms with Gasteiger partial charge in [-0.1, -0.05) is 96.4 Å². The van der Waals surface area contributed by atoms with Crippen LogP contribution in [0.4, 0.5) is 0 Å². The number of ether oxygens (including phenoxy) is 2. The minimum absolute atomic E-state index is 0.0310. The van der Waals surface area contributed by atoms with Gasteiger partial charge in [-0.3, -0.25) is 4.79 Å². The lowest BCUT2D eigenvalue weighted by molar-refractivity contribution is -0.336. The van der Waals surface area contributed by atoms with Crippen molar-refractivity contribution in [2.24, 2.45) is 67.0 Å². The molecule has 4 bridgehead atoms. The van der Waals surface area contributed by atoms with E-state index < -0.39 is 28.0 Å². The zero-order valence-corrected chi connectivity index (χ0v) is 39.1. The summed E-state index contributed by atoms with van der Waals surface area (Å²) in [6.07, 6.45) is 24.7. The average molecular weight is 839 g/mol. The number of aliphatic hydroxyl groups is 2. The number of carbonyl (C=O) groups is 1. The Morgan fingerprint density at radius 1 is 0.820 bits per heavy atom. The van der Waals surface area contributed by atoms with Gasteiger partial charge in [-0.05, 0) is 160 Å². The zero-order valence-electron chi connectivity index (χ0n) is 39.1. The number of hydrogen-bond acceptors (Lipinski definition) is 5. The van der Waals surface area contributed by atoms with Gasteiger partial charge in [-0.25, -0.2) is 0 Å². The molecule has 1 aromatic carbocycles. The maximum atomic E-state index is 13.2. The average Bonchev–Trinajstić information content (AvgIpc) is 3.82. The van der Waals surface area contributed by atoms with Crippen molar-refractivity contribution in [3.63, 3.8) is 0 Å². The predicted octanol–water partition coefficient (Wildman–Crippen LogP) is 11.7. The number of rotatable bonds is 12. The van der Waals surface area contributed by atoms with Crippen LogP contribution in [0.2, 0.25) is 0 Å². The number of aliphatic hydroxyl groups excluding tert-OH is 1. The lowest BCUT2D eigenvalue weighted by atomic mass is 9.22. The summed E-state index contributed by atoms with van der Waals surface area (Å²) in [5.74, 6) is 8.36. The number of methoxy groups -OCH3 is 1. The molecule has 6 saturated carbocycles. The Balaban J connectivity index is 1.19. The normalized spacial score (nSPS) is 47.7. The Labute approximate surface area is 369 Å². The van der Waals surface area contributed by atoms with E-state index in [9.17, 15) is 20.1 Å². The number of carboxylic acids is 1. The van der Waals surface area contributed by atoms with Crippen LogP contribution in [0.25, 0.3) is 0 Å². The molecular formula is C55H82O6. The highest BCUT2D eigenvalue weighted by atomic mass is 16.6. The molecule has 338 valence electrons. The van der Waals surface area contributed by atoms with Crippen molar-refractivity contribution in [2.45, 2.75) is 201 Å². The first kappa shape index (κ1) is 44.3. The van der Waals surface area contributed by atoms with Crippen molar-refractivity contribution in [1.29, 1.82) is 0 Å². The van der Waals surface area contributed by atoms with Crippen LogP contribution in [0.3, 0.4) is 0 Å². The summed E-state index contributed by atoms with van der Waals surface area (Å²) in [7, 11) is 1.75. The van der Waals surface area contributed by atoms with E-state index in [0.717, 1.165) is 109 Å². The first-order valence-electron chi connectivity index (χ1n) is 25.4.